The number of benzene rings is 1. The largest absolute Gasteiger partial charge is 0.478 e. The van der Waals surface area contributed by atoms with Crippen LogP contribution in [0.5, 0.6) is 0 Å². The van der Waals surface area contributed by atoms with Crippen molar-refractivity contribution in [3.63, 3.8) is 0 Å². The molecule has 2 nitrogen and oxygen atoms in total. The van der Waals surface area contributed by atoms with Crippen LogP contribution in [0.3, 0.4) is 0 Å². The van der Waals surface area contributed by atoms with Crippen molar-refractivity contribution in [2.45, 2.75) is 13.3 Å². The molecule has 0 aromatic heterocycles. The Labute approximate surface area is 86.7 Å². The van der Waals surface area contributed by atoms with E-state index in [2.05, 4.69) is 22.9 Å². The average molecular weight is 245 g/mol. The summed E-state index contributed by atoms with van der Waals surface area (Å²) in [5.74, 6) is -0.879. The van der Waals surface area contributed by atoms with Gasteiger partial charge in [0, 0.05) is 5.33 Å². The van der Waals surface area contributed by atoms with Crippen molar-refractivity contribution in [1.29, 1.82) is 0 Å². The lowest BCUT2D eigenvalue weighted by Gasteiger charge is -1.88. The normalized spacial score (nSPS) is 8.46. The number of aromatic carboxylic acids is 1. The lowest BCUT2D eigenvalue weighted by atomic mass is 10.2. The summed E-state index contributed by atoms with van der Waals surface area (Å²) in [4.78, 5) is 10.2. The first-order valence-electron chi connectivity index (χ1n) is 4.06. The molecule has 0 fully saturated rings. The molecule has 0 aliphatic carbocycles. The standard InChI is InChI=1S/C7H6O2.C3H7Br/c8-7(9)6-4-2-1-3-5-6;1-2-3-4/h1-5H,(H,8,9);2-3H2,1H3. The van der Waals surface area contributed by atoms with Gasteiger partial charge in [-0.3, -0.25) is 0 Å². The molecule has 0 radical (unpaired) electrons. The molecule has 1 aromatic rings. The third kappa shape index (κ3) is 6.34. The average Bonchev–Trinajstić information content (AvgIpc) is 2.19. The van der Waals surface area contributed by atoms with Gasteiger partial charge in [0.05, 0.1) is 5.56 Å². The second-order valence-corrected chi connectivity index (χ2v) is 3.15. The Morgan fingerprint density at radius 3 is 2.08 bits per heavy atom. The highest BCUT2D eigenvalue weighted by Crippen LogP contribution is 1.96. The van der Waals surface area contributed by atoms with Crippen molar-refractivity contribution >= 4 is 21.9 Å². The van der Waals surface area contributed by atoms with Gasteiger partial charge in [0.25, 0.3) is 0 Å². The Balaban J connectivity index is 0.000000310. The molecule has 0 spiro atoms. The van der Waals surface area contributed by atoms with Gasteiger partial charge in [-0.05, 0) is 18.6 Å². The van der Waals surface area contributed by atoms with Crippen molar-refractivity contribution in [3.8, 4) is 0 Å². The van der Waals surface area contributed by atoms with E-state index in [0.717, 1.165) is 5.33 Å². The molecule has 0 unspecified atom stereocenters. The maximum absolute atomic E-state index is 10.2. The zero-order valence-electron chi connectivity index (χ0n) is 7.53. The maximum atomic E-state index is 10.2. The quantitative estimate of drug-likeness (QED) is 0.812. The highest BCUT2D eigenvalue weighted by Gasteiger charge is 1.96. The molecule has 0 heterocycles. The Morgan fingerprint density at radius 1 is 1.38 bits per heavy atom. The molecule has 0 aliphatic rings. The summed E-state index contributed by atoms with van der Waals surface area (Å²) in [5, 5.41) is 9.52. The third-order valence-corrected chi connectivity index (χ3v) is 2.00. The fourth-order valence-corrected chi connectivity index (χ4v) is 0.581. The number of carboxylic acids is 1. The van der Waals surface area contributed by atoms with Gasteiger partial charge >= 0.3 is 5.97 Å². The van der Waals surface area contributed by atoms with E-state index in [0.29, 0.717) is 5.56 Å². The number of carboxylic acid groups (broad SMARTS) is 1. The van der Waals surface area contributed by atoms with E-state index in [4.69, 9.17) is 5.11 Å². The van der Waals surface area contributed by atoms with Gasteiger partial charge in [0.15, 0.2) is 0 Å². The molecule has 72 valence electrons. The summed E-state index contributed by atoms with van der Waals surface area (Å²) in [7, 11) is 0. The van der Waals surface area contributed by atoms with E-state index in [1.807, 2.05) is 0 Å². The summed E-state index contributed by atoms with van der Waals surface area (Å²) >= 11 is 3.25. The smallest absolute Gasteiger partial charge is 0.335 e. The van der Waals surface area contributed by atoms with Crippen LogP contribution in [0.25, 0.3) is 0 Å². The van der Waals surface area contributed by atoms with Gasteiger partial charge in [-0.1, -0.05) is 41.1 Å². The number of rotatable bonds is 2. The van der Waals surface area contributed by atoms with Crippen LogP contribution in [0, 0.1) is 0 Å². The van der Waals surface area contributed by atoms with Crippen LogP contribution in [-0.2, 0) is 0 Å². The first-order valence-corrected chi connectivity index (χ1v) is 5.18. The molecule has 0 saturated carbocycles. The van der Waals surface area contributed by atoms with E-state index in [1.54, 1.807) is 30.3 Å². The molecule has 1 aromatic carbocycles. The number of carbonyl (C=O) groups is 1. The van der Waals surface area contributed by atoms with Gasteiger partial charge < -0.3 is 5.11 Å². The number of halogens is 1. The minimum atomic E-state index is -0.879. The van der Waals surface area contributed by atoms with Gasteiger partial charge in [-0.25, -0.2) is 4.79 Å². The summed E-state index contributed by atoms with van der Waals surface area (Å²) in [6.07, 6.45) is 1.24. The van der Waals surface area contributed by atoms with Crippen LogP contribution in [0.1, 0.15) is 23.7 Å². The molecule has 0 aliphatic heterocycles. The van der Waals surface area contributed by atoms with E-state index < -0.39 is 5.97 Å². The van der Waals surface area contributed by atoms with Crippen LogP contribution in [0.4, 0.5) is 0 Å². The number of alkyl halides is 1. The lowest BCUT2D eigenvalue weighted by Crippen LogP contribution is -1.93. The van der Waals surface area contributed by atoms with Gasteiger partial charge in [-0.2, -0.15) is 0 Å². The Hall–Kier alpha value is -0.830. The fourth-order valence-electron chi connectivity index (χ4n) is 0.581. The van der Waals surface area contributed by atoms with Crippen LogP contribution >= 0.6 is 15.9 Å². The zero-order chi connectivity index (χ0) is 10.1. The van der Waals surface area contributed by atoms with Crippen LogP contribution in [0.15, 0.2) is 30.3 Å². The predicted molar refractivity (Wildman–Crippen MR) is 57.5 cm³/mol. The van der Waals surface area contributed by atoms with Gasteiger partial charge in [-0.15, -0.1) is 0 Å². The fraction of sp³-hybridized carbons (Fsp3) is 0.300. The zero-order valence-corrected chi connectivity index (χ0v) is 9.12. The minimum absolute atomic E-state index is 0.331. The molecular weight excluding hydrogens is 232 g/mol. The van der Waals surface area contributed by atoms with E-state index in [1.165, 1.54) is 6.42 Å². The summed E-state index contributed by atoms with van der Waals surface area (Å²) < 4.78 is 0. The first-order chi connectivity index (χ1) is 6.22. The Kier molecular flexibility index (Phi) is 7.30. The van der Waals surface area contributed by atoms with Crippen molar-refractivity contribution < 1.29 is 9.90 Å². The van der Waals surface area contributed by atoms with E-state index in [-0.39, 0.29) is 0 Å². The second-order valence-electron chi connectivity index (χ2n) is 2.36. The minimum Gasteiger partial charge on any atom is -0.478 e. The Morgan fingerprint density at radius 2 is 1.85 bits per heavy atom. The van der Waals surface area contributed by atoms with Gasteiger partial charge in [0.2, 0.25) is 0 Å². The molecule has 1 N–H and O–H groups in total. The summed E-state index contributed by atoms with van der Waals surface area (Å²) in [6.45, 7) is 2.13. The van der Waals surface area contributed by atoms with E-state index >= 15 is 0 Å². The van der Waals surface area contributed by atoms with Crippen molar-refractivity contribution in [2.75, 3.05) is 5.33 Å². The molecule has 3 heteroatoms. The number of hydrogen-bond donors (Lipinski definition) is 1. The molecule has 0 atom stereocenters. The Bertz CT molecular complexity index is 232. The third-order valence-electron chi connectivity index (χ3n) is 1.21. The molecule has 13 heavy (non-hydrogen) atoms. The van der Waals surface area contributed by atoms with E-state index in [9.17, 15) is 4.79 Å². The van der Waals surface area contributed by atoms with Crippen LogP contribution in [-0.4, -0.2) is 16.4 Å². The SMILES string of the molecule is CCCBr.O=C(O)c1ccccc1. The van der Waals surface area contributed by atoms with Crippen molar-refractivity contribution in [1.82, 2.24) is 0 Å². The monoisotopic (exact) mass is 244 g/mol. The first kappa shape index (κ1) is 12.2. The van der Waals surface area contributed by atoms with Crippen molar-refractivity contribution in [2.24, 2.45) is 0 Å². The molecule has 1 rings (SSSR count). The molecule has 0 saturated heterocycles. The second kappa shape index (κ2) is 7.80. The molecule has 0 amide bonds. The topological polar surface area (TPSA) is 37.3 Å². The van der Waals surface area contributed by atoms with Crippen molar-refractivity contribution in [3.05, 3.63) is 35.9 Å². The van der Waals surface area contributed by atoms with Crippen LogP contribution < -0.4 is 0 Å². The highest BCUT2D eigenvalue weighted by atomic mass is 79.9. The molecule has 0 bridgehead atoms. The summed E-state index contributed by atoms with van der Waals surface area (Å²) in [6, 6.07) is 8.30. The van der Waals surface area contributed by atoms with Gasteiger partial charge in [0.1, 0.15) is 0 Å². The van der Waals surface area contributed by atoms with Crippen LogP contribution in [0.2, 0.25) is 0 Å². The molecular formula is C10H13BrO2. The lowest BCUT2D eigenvalue weighted by molar-refractivity contribution is 0.0697. The highest BCUT2D eigenvalue weighted by molar-refractivity contribution is 9.09. The maximum Gasteiger partial charge on any atom is 0.335 e. The number of hydrogen-bond acceptors (Lipinski definition) is 1. The summed E-state index contributed by atoms with van der Waals surface area (Å²) in [5.41, 5.74) is 0.331. The predicted octanol–water partition coefficient (Wildman–Crippen LogP) is 3.18.